The lowest BCUT2D eigenvalue weighted by Gasteiger charge is -2.09. The molecule has 6 nitrogen and oxygen atoms in total. The van der Waals surface area contributed by atoms with Crippen LogP contribution in [0.1, 0.15) is 17.0 Å². The number of sulfone groups is 1. The Balaban J connectivity index is 2.21. The van der Waals surface area contributed by atoms with E-state index in [9.17, 15) is 13.2 Å². The van der Waals surface area contributed by atoms with Crippen LogP contribution >= 0.6 is 15.9 Å². The van der Waals surface area contributed by atoms with Gasteiger partial charge in [-0.3, -0.25) is 4.79 Å². The van der Waals surface area contributed by atoms with Crippen molar-refractivity contribution in [3.8, 4) is 0 Å². The second kappa shape index (κ2) is 6.76. The summed E-state index contributed by atoms with van der Waals surface area (Å²) in [5.74, 6) is -1.33. The van der Waals surface area contributed by atoms with Gasteiger partial charge in [0.1, 0.15) is 5.75 Å². The Morgan fingerprint density at radius 2 is 1.70 bits per heavy atom. The molecule has 0 saturated carbocycles. The summed E-state index contributed by atoms with van der Waals surface area (Å²) in [4.78, 5) is 19.9. The van der Waals surface area contributed by atoms with Gasteiger partial charge in [-0.15, -0.1) is 0 Å². The van der Waals surface area contributed by atoms with Gasteiger partial charge in [-0.25, -0.2) is 18.4 Å². The number of anilines is 1. The molecule has 0 radical (unpaired) electrons. The van der Waals surface area contributed by atoms with E-state index < -0.39 is 21.5 Å². The van der Waals surface area contributed by atoms with Crippen LogP contribution in [-0.2, 0) is 14.6 Å². The number of amides is 1. The van der Waals surface area contributed by atoms with E-state index in [0.29, 0.717) is 21.5 Å². The lowest BCUT2D eigenvalue weighted by Crippen LogP contribution is -2.25. The third kappa shape index (κ3) is 4.14. The number of rotatable bonds is 4. The Morgan fingerprint density at radius 1 is 1.13 bits per heavy atom. The van der Waals surface area contributed by atoms with Crippen molar-refractivity contribution >= 4 is 37.4 Å². The maximum absolute atomic E-state index is 12.3. The number of carbonyl (C=O) groups is 1. The zero-order chi connectivity index (χ0) is 17.2. The molecule has 1 amide bonds. The van der Waals surface area contributed by atoms with Crippen molar-refractivity contribution in [2.45, 2.75) is 25.9 Å². The molecule has 0 saturated heterocycles. The van der Waals surface area contributed by atoms with Gasteiger partial charge in [-0.05, 0) is 48.3 Å². The number of nitrogens with one attached hydrogen (secondary N) is 1. The topological polar surface area (TPSA) is 89.0 Å². The molecule has 0 spiro atoms. The van der Waals surface area contributed by atoms with Crippen molar-refractivity contribution in [1.82, 2.24) is 9.97 Å². The number of halogens is 1. The van der Waals surface area contributed by atoms with E-state index in [4.69, 9.17) is 0 Å². The summed E-state index contributed by atoms with van der Waals surface area (Å²) < 4.78 is 25.3. The zero-order valence-electron chi connectivity index (χ0n) is 12.9. The number of para-hydroxylation sites is 1. The molecule has 2 aromatic rings. The van der Waals surface area contributed by atoms with Gasteiger partial charge in [0, 0.05) is 5.69 Å². The molecule has 0 aliphatic rings. The van der Waals surface area contributed by atoms with Crippen LogP contribution in [-0.4, -0.2) is 30.0 Å². The first-order valence-electron chi connectivity index (χ1n) is 6.79. The van der Waals surface area contributed by atoms with Crippen LogP contribution in [0.4, 0.5) is 5.69 Å². The van der Waals surface area contributed by atoms with Gasteiger partial charge >= 0.3 is 0 Å². The number of benzene rings is 1. The van der Waals surface area contributed by atoms with Crippen LogP contribution in [0, 0.1) is 20.8 Å². The van der Waals surface area contributed by atoms with Gasteiger partial charge in [0.2, 0.25) is 20.9 Å². The Morgan fingerprint density at radius 3 is 2.26 bits per heavy atom. The fourth-order valence-electron chi connectivity index (χ4n) is 1.95. The largest absolute Gasteiger partial charge is 0.325 e. The minimum atomic E-state index is -3.91. The number of nitrogens with zero attached hydrogens (tertiary/aromatic N) is 2. The number of hydrogen-bond donors (Lipinski definition) is 1. The third-order valence-corrected chi connectivity index (χ3v) is 5.71. The van der Waals surface area contributed by atoms with Gasteiger partial charge in [0.15, 0.2) is 0 Å². The van der Waals surface area contributed by atoms with Crippen molar-refractivity contribution in [1.29, 1.82) is 0 Å². The predicted molar refractivity (Wildman–Crippen MR) is 91.1 cm³/mol. The maximum atomic E-state index is 12.3. The van der Waals surface area contributed by atoms with E-state index in [1.807, 2.05) is 19.1 Å². The van der Waals surface area contributed by atoms with Crippen LogP contribution in [0.25, 0.3) is 0 Å². The Labute approximate surface area is 143 Å². The Bertz CT molecular complexity index is 843. The second-order valence-corrected chi connectivity index (χ2v) is 7.79. The molecule has 8 heteroatoms. The molecule has 0 fully saturated rings. The average molecular weight is 398 g/mol. The van der Waals surface area contributed by atoms with Crippen molar-refractivity contribution in [3.63, 3.8) is 0 Å². The molecule has 1 heterocycles. The number of aryl methyl sites for hydroxylation is 3. The van der Waals surface area contributed by atoms with Gasteiger partial charge in [0.05, 0.1) is 15.9 Å². The summed E-state index contributed by atoms with van der Waals surface area (Å²) in [6.07, 6.45) is 0. The molecule has 122 valence electrons. The van der Waals surface area contributed by atoms with Gasteiger partial charge in [-0.1, -0.05) is 18.2 Å². The zero-order valence-corrected chi connectivity index (χ0v) is 15.3. The van der Waals surface area contributed by atoms with Crippen LogP contribution in [0.5, 0.6) is 0 Å². The normalized spacial score (nSPS) is 11.3. The van der Waals surface area contributed by atoms with E-state index in [2.05, 4.69) is 31.2 Å². The number of carbonyl (C=O) groups excluding carboxylic acids is 1. The molecule has 23 heavy (non-hydrogen) atoms. The van der Waals surface area contributed by atoms with Crippen molar-refractivity contribution in [2.24, 2.45) is 0 Å². The molecule has 0 unspecified atom stereocenters. The fraction of sp³-hybridized carbons (Fsp3) is 0.267. The standard InChI is InChI=1S/C15H16BrN3O3S/c1-9-6-4-5-7-12(9)19-13(20)8-23(21,22)15-17-10(2)14(16)11(3)18-15/h4-7H,8H2,1-3H3,(H,19,20). The van der Waals surface area contributed by atoms with E-state index in [1.54, 1.807) is 26.0 Å². The van der Waals surface area contributed by atoms with Crippen molar-refractivity contribution in [2.75, 3.05) is 11.1 Å². The number of hydrogen-bond acceptors (Lipinski definition) is 5. The predicted octanol–water partition coefficient (Wildman–Crippen LogP) is 2.58. The van der Waals surface area contributed by atoms with Gasteiger partial charge in [-0.2, -0.15) is 0 Å². The first-order valence-corrected chi connectivity index (χ1v) is 9.24. The molecule has 0 aliphatic heterocycles. The molecular weight excluding hydrogens is 382 g/mol. The van der Waals surface area contributed by atoms with Crippen LogP contribution in [0.2, 0.25) is 0 Å². The highest BCUT2D eigenvalue weighted by Crippen LogP contribution is 2.20. The van der Waals surface area contributed by atoms with E-state index in [-0.39, 0.29) is 5.16 Å². The highest BCUT2D eigenvalue weighted by molar-refractivity contribution is 9.10. The van der Waals surface area contributed by atoms with E-state index >= 15 is 0 Å². The minimum Gasteiger partial charge on any atom is -0.325 e. The highest BCUT2D eigenvalue weighted by Gasteiger charge is 2.24. The van der Waals surface area contributed by atoms with Crippen LogP contribution < -0.4 is 5.32 Å². The SMILES string of the molecule is Cc1ccccc1NC(=O)CS(=O)(=O)c1nc(C)c(Br)c(C)n1. The Hall–Kier alpha value is -1.80. The van der Waals surface area contributed by atoms with Crippen LogP contribution in [0.15, 0.2) is 33.9 Å². The smallest absolute Gasteiger partial charge is 0.248 e. The number of aromatic nitrogens is 2. The molecular formula is C15H16BrN3O3S. The first-order chi connectivity index (χ1) is 10.7. The summed E-state index contributed by atoms with van der Waals surface area (Å²) in [6, 6.07) is 7.14. The maximum Gasteiger partial charge on any atom is 0.248 e. The second-order valence-electron chi connectivity index (χ2n) is 5.11. The van der Waals surface area contributed by atoms with Gasteiger partial charge < -0.3 is 5.32 Å². The summed E-state index contributed by atoms with van der Waals surface area (Å²) in [7, 11) is -3.91. The monoisotopic (exact) mass is 397 g/mol. The molecule has 2 rings (SSSR count). The average Bonchev–Trinajstić information content (AvgIpc) is 2.46. The molecule has 1 aromatic carbocycles. The van der Waals surface area contributed by atoms with E-state index in [0.717, 1.165) is 5.56 Å². The molecule has 0 aliphatic carbocycles. The van der Waals surface area contributed by atoms with Gasteiger partial charge in [0.25, 0.3) is 0 Å². The fourth-order valence-corrected chi connectivity index (χ4v) is 3.22. The summed E-state index contributed by atoms with van der Waals surface area (Å²) in [5, 5.41) is 2.26. The Kier molecular flexibility index (Phi) is 5.16. The molecule has 1 aromatic heterocycles. The summed E-state index contributed by atoms with van der Waals surface area (Å²) in [5.41, 5.74) is 2.45. The van der Waals surface area contributed by atoms with Crippen LogP contribution in [0.3, 0.4) is 0 Å². The molecule has 1 N–H and O–H groups in total. The van der Waals surface area contributed by atoms with E-state index in [1.165, 1.54) is 0 Å². The lowest BCUT2D eigenvalue weighted by molar-refractivity contribution is -0.113. The van der Waals surface area contributed by atoms with Crippen molar-refractivity contribution in [3.05, 3.63) is 45.7 Å². The highest BCUT2D eigenvalue weighted by atomic mass is 79.9. The van der Waals surface area contributed by atoms with Crippen molar-refractivity contribution < 1.29 is 13.2 Å². The summed E-state index contributed by atoms with van der Waals surface area (Å²) >= 11 is 3.28. The third-order valence-electron chi connectivity index (χ3n) is 3.18. The lowest BCUT2D eigenvalue weighted by atomic mass is 10.2. The molecule has 0 atom stereocenters. The first kappa shape index (κ1) is 17.6. The summed E-state index contributed by atoms with van der Waals surface area (Å²) in [6.45, 7) is 5.17. The minimum absolute atomic E-state index is 0.337. The molecule has 0 bridgehead atoms. The quantitative estimate of drug-likeness (QED) is 0.800.